The van der Waals surface area contributed by atoms with Crippen molar-refractivity contribution in [1.82, 2.24) is 10.2 Å². The summed E-state index contributed by atoms with van der Waals surface area (Å²) >= 11 is 6.10. The zero-order chi connectivity index (χ0) is 31.9. The van der Waals surface area contributed by atoms with Crippen molar-refractivity contribution in [2.24, 2.45) is 0 Å². The van der Waals surface area contributed by atoms with Crippen LogP contribution in [0.4, 0.5) is 15.8 Å². The lowest BCUT2D eigenvalue weighted by molar-refractivity contribution is -0.137. The minimum Gasteiger partial charge on any atom is -0.481 e. The molecule has 45 heavy (non-hydrogen) atoms. The molecule has 9 nitrogen and oxygen atoms in total. The molecule has 3 amide bonds. The summed E-state index contributed by atoms with van der Waals surface area (Å²) < 4.78 is 13.5. The Hall–Kier alpha value is -5.22. The highest BCUT2D eigenvalue weighted by atomic mass is 35.5. The van der Waals surface area contributed by atoms with Crippen LogP contribution in [0, 0.1) is 5.82 Å². The van der Waals surface area contributed by atoms with Crippen molar-refractivity contribution in [2.45, 2.75) is 12.5 Å². The first-order valence-electron chi connectivity index (χ1n) is 14.3. The summed E-state index contributed by atoms with van der Waals surface area (Å²) in [5.74, 6) is -2.70. The first-order valence-corrected chi connectivity index (χ1v) is 14.6. The number of aliphatic carboxylic acids is 1. The molecule has 0 aromatic heterocycles. The number of hydrogen-bond donors (Lipinski definition) is 3. The van der Waals surface area contributed by atoms with Gasteiger partial charge in [0, 0.05) is 47.9 Å². The number of piperazine rings is 1. The molecule has 0 bridgehead atoms. The Morgan fingerprint density at radius 1 is 0.778 bits per heavy atom. The third-order valence-corrected chi connectivity index (χ3v) is 7.71. The van der Waals surface area contributed by atoms with Crippen LogP contribution in [0.5, 0.6) is 0 Å². The van der Waals surface area contributed by atoms with Crippen molar-refractivity contribution < 1.29 is 28.7 Å². The van der Waals surface area contributed by atoms with E-state index in [4.69, 9.17) is 11.6 Å². The van der Waals surface area contributed by atoms with E-state index in [2.05, 4.69) is 10.6 Å². The molecule has 1 atom stereocenters. The van der Waals surface area contributed by atoms with E-state index in [9.17, 15) is 28.7 Å². The predicted molar refractivity (Wildman–Crippen MR) is 169 cm³/mol. The van der Waals surface area contributed by atoms with Crippen molar-refractivity contribution in [3.8, 4) is 0 Å². The minimum atomic E-state index is -1.14. The SMILES string of the molecule is O=C(O)CC(NC(=O)c1ccc(N2CCN(C(=O)c3ccccc3)CC2)c(NC(=O)c2cccc(Cl)c2)c1)c1ccc(F)cc1. The first-order chi connectivity index (χ1) is 21.7. The third kappa shape index (κ3) is 7.84. The van der Waals surface area contributed by atoms with E-state index in [-0.39, 0.29) is 11.5 Å². The Labute approximate surface area is 264 Å². The van der Waals surface area contributed by atoms with Gasteiger partial charge in [-0.1, -0.05) is 48.0 Å². The van der Waals surface area contributed by atoms with E-state index >= 15 is 0 Å². The van der Waals surface area contributed by atoms with E-state index in [0.29, 0.717) is 59.3 Å². The largest absolute Gasteiger partial charge is 0.481 e. The zero-order valence-corrected chi connectivity index (χ0v) is 24.8. The van der Waals surface area contributed by atoms with E-state index in [0.717, 1.165) is 0 Å². The molecule has 0 spiro atoms. The Kier molecular flexibility index (Phi) is 9.74. The van der Waals surface area contributed by atoms with E-state index < -0.39 is 36.1 Å². The van der Waals surface area contributed by atoms with Gasteiger partial charge in [-0.25, -0.2) is 4.39 Å². The number of nitrogens with one attached hydrogen (secondary N) is 2. The van der Waals surface area contributed by atoms with Gasteiger partial charge in [-0.05, 0) is 66.2 Å². The van der Waals surface area contributed by atoms with Crippen LogP contribution < -0.4 is 15.5 Å². The molecule has 4 aromatic carbocycles. The number of carbonyl (C=O) groups is 4. The fourth-order valence-electron chi connectivity index (χ4n) is 5.15. The monoisotopic (exact) mass is 628 g/mol. The van der Waals surface area contributed by atoms with Gasteiger partial charge >= 0.3 is 5.97 Å². The molecule has 3 N–H and O–H groups in total. The summed E-state index contributed by atoms with van der Waals surface area (Å²) in [6.07, 6.45) is -0.417. The second kappa shape index (κ2) is 14.0. The Morgan fingerprint density at radius 3 is 2.11 bits per heavy atom. The molecular formula is C34H30ClFN4O5. The maximum atomic E-state index is 13.5. The normalized spacial score (nSPS) is 13.6. The van der Waals surface area contributed by atoms with Gasteiger partial charge in [-0.2, -0.15) is 0 Å². The van der Waals surface area contributed by atoms with E-state index in [1.807, 2.05) is 23.1 Å². The number of hydrogen-bond acceptors (Lipinski definition) is 5. The molecule has 4 aromatic rings. The summed E-state index contributed by atoms with van der Waals surface area (Å²) in [7, 11) is 0. The first kappa shape index (κ1) is 31.2. The Balaban J connectivity index is 1.39. The fraction of sp³-hybridized carbons (Fsp3) is 0.176. The lowest BCUT2D eigenvalue weighted by atomic mass is 10.0. The molecular weight excluding hydrogens is 599 g/mol. The van der Waals surface area contributed by atoms with E-state index in [1.165, 1.54) is 36.4 Å². The molecule has 1 aliphatic heterocycles. The van der Waals surface area contributed by atoms with Gasteiger partial charge in [0.2, 0.25) is 0 Å². The highest BCUT2D eigenvalue weighted by Crippen LogP contribution is 2.30. The fourth-order valence-corrected chi connectivity index (χ4v) is 5.34. The molecule has 0 saturated carbocycles. The summed E-state index contributed by atoms with van der Waals surface area (Å²) in [5, 5.41) is 15.4. The number of benzene rings is 4. The summed E-state index contributed by atoms with van der Waals surface area (Å²) in [6.45, 7) is 1.86. The molecule has 5 rings (SSSR count). The molecule has 1 saturated heterocycles. The second-order valence-corrected chi connectivity index (χ2v) is 11.0. The smallest absolute Gasteiger partial charge is 0.305 e. The van der Waals surface area contributed by atoms with Gasteiger partial charge in [0.1, 0.15) is 5.82 Å². The molecule has 0 radical (unpaired) electrons. The molecule has 11 heteroatoms. The van der Waals surface area contributed by atoms with Crippen LogP contribution in [0.15, 0.2) is 97.1 Å². The Morgan fingerprint density at radius 2 is 1.44 bits per heavy atom. The molecule has 0 aliphatic carbocycles. The summed E-state index contributed by atoms with van der Waals surface area (Å²) in [6, 6.07) is 24.6. The van der Waals surface area contributed by atoms with Gasteiger partial charge in [-0.3, -0.25) is 19.2 Å². The minimum absolute atomic E-state index is 0.0613. The zero-order valence-electron chi connectivity index (χ0n) is 24.1. The molecule has 1 aliphatic rings. The maximum Gasteiger partial charge on any atom is 0.305 e. The number of carboxylic acid groups (broad SMARTS) is 1. The lowest BCUT2D eigenvalue weighted by Gasteiger charge is -2.37. The van der Waals surface area contributed by atoms with Gasteiger partial charge in [0.25, 0.3) is 17.7 Å². The van der Waals surface area contributed by atoms with Crippen molar-refractivity contribution >= 4 is 46.7 Å². The number of halogens is 2. The quantitative estimate of drug-likeness (QED) is 0.221. The van der Waals surface area contributed by atoms with Crippen molar-refractivity contribution in [1.29, 1.82) is 0 Å². The van der Waals surface area contributed by atoms with Crippen LogP contribution >= 0.6 is 11.6 Å². The van der Waals surface area contributed by atoms with Crippen LogP contribution in [0.25, 0.3) is 0 Å². The maximum absolute atomic E-state index is 13.5. The molecule has 1 fully saturated rings. The summed E-state index contributed by atoms with van der Waals surface area (Å²) in [5.41, 5.74) is 2.54. The average molecular weight is 629 g/mol. The van der Waals surface area contributed by atoms with Crippen molar-refractivity contribution in [3.63, 3.8) is 0 Å². The van der Waals surface area contributed by atoms with Crippen LogP contribution in [-0.4, -0.2) is 59.9 Å². The second-order valence-electron chi connectivity index (χ2n) is 10.5. The van der Waals surface area contributed by atoms with Gasteiger partial charge in [-0.15, -0.1) is 0 Å². The Bertz CT molecular complexity index is 1710. The van der Waals surface area contributed by atoms with Crippen molar-refractivity contribution in [2.75, 3.05) is 36.4 Å². The van der Waals surface area contributed by atoms with Gasteiger partial charge in [0.15, 0.2) is 0 Å². The van der Waals surface area contributed by atoms with Crippen LogP contribution in [0.2, 0.25) is 5.02 Å². The van der Waals surface area contributed by atoms with Gasteiger partial charge in [0.05, 0.1) is 23.8 Å². The predicted octanol–water partition coefficient (Wildman–Crippen LogP) is 5.64. The highest BCUT2D eigenvalue weighted by molar-refractivity contribution is 6.31. The van der Waals surface area contributed by atoms with Crippen LogP contribution in [0.3, 0.4) is 0 Å². The van der Waals surface area contributed by atoms with E-state index in [1.54, 1.807) is 47.4 Å². The van der Waals surface area contributed by atoms with Crippen molar-refractivity contribution in [3.05, 3.63) is 130 Å². The number of amides is 3. The molecule has 230 valence electrons. The third-order valence-electron chi connectivity index (χ3n) is 7.48. The molecule has 1 unspecified atom stereocenters. The number of anilines is 2. The molecule has 1 heterocycles. The highest BCUT2D eigenvalue weighted by Gasteiger charge is 2.26. The van der Waals surface area contributed by atoms with Crippen LogP contribution in [-0.2, 0) is 4.79 Å². The number of carboxylic acids is 1. The van der Waals surface area contributed by atoms with Crippen LogP contribution in [0.1, 0.15) is 49.1 Å². The topological polar surface area (TPSA) is 119 Å². The average Bonchev–Trinajstić information content (AvgIpc) is 3.04. The van der Waals surface area contributed by atoms with Gasteiger partial charge < -0.3 is 25.5 Å². The number of carbonyl (C=O) groups excluding carboxylic acids is 3. The lowest BCUT2D eigenvalue weighted by Crippen LogP contribution is -2.49. The summed E-state index contributed by atoms with van der Waals surface area (Å²) in [4.78, 5) is 55.0. The number of rotatable bonds is 9. The number of nitrogens with zero attached hydrogens (tertiary/aromatic N) is 2. The standard InChI is InChI=1S/C34H30ClFN4O5/c35-26-8-4-7-24(19-26)32(43)38-29-20-25(33(44)37-28(21-31(41)42)22-9-12-27(36)13-10-22)11-14-30(29)39-15-17-40(18-16-39)34(45)23-5-2-1-3-6-23/h1-14,19-20,28H,15-18,21H2,(H,37,44)(H,38,43)(H,41,42).